The lowest BCUT2D eigenvalue weighted by Crippen LogP contribution is -2.74. The van der Waals surface area contributed by atoms with Crippen molar-refractivity contribution < 1.29 is 43.9 Å². The largest absolute Gasteiger partial charge is 0.481 e. The molecule has 0 amide bonds. The Kier molecular flexibility index (Phi) is 5.65. The molecular formula is C25H29NO9. The average Bonchev–Trinajstić information content (AvgIpc) is 3.17. The third kappa shape index (κ3) is 3.38. The second-order valence-corrected chi connectivity index (χ2v) is 9.85. The number of carboxylic acids is 1. The molecule has 1 aromatic carbocycles. The summed E-state index contributed by atoms with van der Waals surface area (Å²) in [6.07, 6.45) is 0.356. The summed E-state index contributed by atoms with van der Waals surface area (Å²) in [6, 6.07) is 3.66. The lowest BCUT2D eigenvalue weighted by atomic mass is 9.50. The molecule has 0 saturated carbocycles. The molecule has 0 unspecified atom stereocenters. The third-order valence-corrected chi connectivity index (χ3v) is 8.03. The van der Waals surface area contributed by atoms with E-state index in [1.165, 1.54) is 6.92 Å². The Bertz CT molecular complexity index is 1130. The Morgan fingerprint density at radius 3 is 2.77 bits per heavy atom. The molecule has 1 saturated heterocycles. The fraction of sp³-hybridized carbons (Fsp3) is 0.560. The van der Waals surface area contributed by atoms with Crippen LogP contribution in [0.3, 0.4) is 0 Å². The number of rotatable bonds is 7. The van der Waals surface area contributed by atoms with Gasteiger partial charge < -0.3 is 34.4 Å². The molecule has 35 heavy (non-hydrogen) atoms. The molecule has 5 rings (SSSR count). The number of hydrogen-bond donors (Lipinski definition) is 3. The summed E-state index contributed by atoms with van der Waals surface area (Å²) in [4.78, 5) is 37.5. The van der Waals surface area contributed by atoms with E-state index in [4.69, 9.17) is 19.3 Å². The first-order chi connectivity index (χ1) is 16.6. The number of carbonyl (C=O) groups is 3. The number of esters is 2. The van der Waals surface area contributed by atoms with Gasteiger partial charge in [-0.25, -0.2) is 4.79 Å². The molecule has 10 nitrogen and oxygen atoms in total. The zero-order valence-corrected chi connectivity index (χ0v) is 19.7. The van der Waals surface area contributed by atoms with E-state index >= 15 is 0 Å². The number of aliphatic hydroxyl groups excluding tert-OH is 1. The lowest BCUT2D eigenvalue weighted by molar-refractivity contribution is -0.175. The summed E-state index contributed by atoms with van der Waals surface area (Å²) in [5.41, 5.74) is 0.551. The van der Waals surface area contributed by atoms with Gasteiger partial charge in [-0.2, -0.15) is 0 Å². The zero-order chi connectivity index (χ0) is 25.1. The van der Waals surface area contributed by atoms with Crippen LogP contribution in [0.25, 0.3) is 0 Å². The Balaban J connectivity index is 1.45. The van der Waals surface area contributed by atoms with Crippen LogP contribution in [-0.4, -0.2) is 75.6 Å². The van der Waals surface area contributed by atoms with Crippen LogP contribution >= 0.6 is 0 Å². The van der Waals surface area contributed by atoms with Gasteiger partial charge in [0.15, 0.2) is 12.2 Å². The first-order valence-corrected chi connectivity index (χ1v) is 11.8. The van der Waals surface area contributed by atoms with Crippen molar-refractivity contribution in [1.82, 2.24) is 4.90 Å². The number of aliphatic hydroxyl groups is 2. The number of likely N-dealkylation sites (tertiary alicyclic amines) is 1. The maximum atomic E-state index is 12.8. The highest BCUT2D eigenvalue weighted by atomic mass is 16.6. The van der Waals surface area contributed by atoms with Crippen molar-refractivity contribution >= 4 is 17.9 Å². The van der Waals surface area contributed by atoms with Crippen LogP contribution in [0.4, 0.5) is 0 Å². The highest BCUT2D eigenvalue weighted by Crippen LogP contribution is 2.64. The summed E-state index contributed by atoms with van der Waals surface area (Å²) in [7, 11) is 1.99. The second kappa shape index (κ2) is 8.32. The smallest absolute Gasteiger partial charge is 0.352 e. The minimum absolute atomic E-state index is 0.150. The molecule has 2 aliphatic carbocycles. The van der Waals surface area contributed by atoms with Crippen LogP contribution < -0.4 is 4.74 Å². The maximum Gasteiger partial charge on any atom is 0.352 e. The van der Waals surface area contributed by atoms with E-state index in [9.17, 15) is 24.6 Å². The van der Waals surface area contributed by atoms with E-state index in [0.29, 0.717) is 30.7 Å². The fourth-order valence-electron chi connectivity index (χ4n) is 6.34. The molecule has 188 valence electrons. The summed E-state index contributed by atoms with van der Waals surface area (Å²) >= 11 is 0. The molecule has 1 aromatic rings. The van der Waals surface area contributed by atoms with E-state index in [1.807, 2.05) is 19.2 Å². The summed E-state index contributed by atoms with van der Waals surface area (Å²) in [5, 5.41) is 30.8. The normalized spacial score (nSPS) is 31.0. The fourth-order valence-corrected chi connectivity index (χ4v) is 6.34. The second-order valence-electron chi connectivity index (χ2n) is 9.85. The van der Waals surface area contributed by atoms with Crippen LogP contribution in [0, 0.1) is 0 Å². The van der Waals surface area contributed by atoms with Crippen molar-refractivity contribution in [1.29, 1.82) is 0 Å². The molecule has 3 N–H and O–H groups in total. The van der Waals surface area contributed by atoms with Gasteiger partial charge in [-0.05, 0) is 45.0 Å². The number of carboxylic acid groups (broad SMARTS) is 1. The SMILES string of the molecule is C[C@H](OC(=O)CCC(=O)O)C(=O)OC1=CC[C@@]2(O)[C@H]3Cc4ccc(CO)c5c4[C@@]2(CCN3C)[C@H]1O5. The van der Waals surface area contributed by atoms with Gasteiger partial charge in [-0.15, -0.1) is 0 Å². The van der Waals surface area contributed by atoms with Gasteiger partial charge in [0, 0.05) is 23.6 Å². The van der Waals surface area contributed by atoms with Crippen molar-refractivity contribution in [3.05, 3.63) is 40.7 Å². The molecule has 1 fully saturated rings. The van der Waals surface area contributed by atoms with Gasteiger partial charge in [0.05, 0.1) is 30.5 Å². The van der Waals surface area contributed by atoms with Crippen LogP contribution in [0.2, 0.25) is 0 Å². The lowest BCUT2D eigenvalue weighted by Gasteiger charge is -2.61. The van der Waals surface area contributed by atoms with Crippen molar-refractivity contribution in [3.8, 4) is 5.75 Å². The van der Waals surface area contributed by atoms with Crippen molar-refractivity contribution in [2.24, 2.45) is 0 Å². The first-order valence-electron chi connectivity index (χ1n) is 11.8. The monoisotopic (exact) mass is 487 g/mol. The number of nitrogens with zero attached hydrogens (tertiary/aromatic N) is 1. The predicted molar refractivity (Wildman–Crippen MR) is 119 cm³/mol. The number of piperidine rings is 1. The summed E-state index contributed by atoms with van der Waals surface area (Å²) in [5.74, 6) is -1.99. The molecule has 1 spiro atoms. The van der Waals surface area contributed by atoms with E-state index in [2.05, 4.69) is 4.90 Å². The van der Waals surface area contributed by atoms with Gasteiger partial charge >= 0.3 is 17.9 Å². The van der Waals surface area contributed by atoms with E-state index < -0.39 is 47.6 Å². The average molecular weight is 488 g/mol. The minimum atomic E-state index is -1.25. The Labute approximate surface area is 202 Å². The zero-order valence-electron chi connectivity index (χ0n) is 19.7. The molecule has 2 aliphatic heterocycles. The van der Waals surface area contributed by atoms with E-state index in [0.717, 1.165) is 11.1 Å². The van der Waals surface area contributed by atoms with Crippen LogP contribution in [0.15, 0.2) is 24.0 Å². The molecular weight excluding hydrogens is 458 g/mol. The van der Waals surface area contributed by atoms with Gasteiger partial charge in [0.1, 0.15) is 11.5 Å². The maximum absolute atomic E-state index is 12.8. The van der Waals surface area contributed by atoms with Gasteiger partial charge in [-0.1, -0.05) is 12.1 Å². The minimum Gasteiger partial charge on any atom is -0.481 e. The molecule has 10 heteroatoms. The molecule has 2 heterocycles. The summed E-state index contributed by atoms with van der Waals surface area (Å²) in [6.45, 7) is 1.85. The Morgan fingerprint density at radius 2 is 2.06 bits per heavy atom. The van der Waals surface area contributed by atoms with E-state index in [1.54, 1.807) is 6.08 Å². The number of ether oxygens (including phenoxy) is 3. The summed E-state index contributed by atoms with van der Waals surface area (Å²) < 4.78 is 17.1. The molecule has 0 radical (unpaired) electrons. The number of likely N-dealkylation sites (N-methyl/N-ethyl adjacent to an activating group) is 1. The topological polar surface area (TPSA) is 143 Å². The molecule has 2 bridgehead atoms. The third-order valence-electron chi connectivity index (χ3n) is 8.03. The predicted octanol–water partition coefficient (Wildman–Crippen LogP) is 0.796. The Hall–Kier alpha value is -2.95. The van der Waals surface area contributed by atoms with Crippen LogP contribution in [0.1, 0.15) is 49.3 Å². The Morgan fingerprint density at radius 1 is 1.29 bits per heavy atom. The quantitative estimate of drug-likeness (QED) is 0.473. The van der Waals surface area contributed by atoms with Crippen molar-refractivity contribution in [2.45, 2.75) is 74.9 Å². The van der Waals surface area contributed by atoms with Gasteiger partial charge in [0.2, 0.25) is 0 Å². The van der Waals surface area contributed by atoms with Crippen molar-refractivity contribution in [2.75, 3.05) is 13.6 Å². The van der Waals surface area contributed by atoms with E-state index in [-0.39, 0.29) is 31.2 Å². The molecule has 4 aliphatic rings. The number of carbonyl (C=O) groups excluding carboxylic acids is 2. The van der Waals surface area contributed by atoms with Gasteiger partial charge in [0.25, 0.3) is 0 Å². The standard InChI is InChI=1S/C25H29NO9/c1-13(33-19(30)6-5-18(28)29)23(31)34-16-7-8-25(32)17-11-14-3-4-15(12-27)21-20(14)24(25,22(16)35-21)9-10-26(17)2/h3-4,7,13,17,22,27,32H,5-6,8-12H2,1-2H3,(H,28,29)/t13-,17+,22-,24-,25+/m0/s1. The van der Waals surface area contributed by atoms with Crippen LogP contribution in [-0.2, 0) is 42.3 Å². The van der Waals surface area contributed by atoms with Crippen molar-refractivity contribution in [3.63, 3.8) is 0 Å². The molecule has 5 atom stereocenters. The number of benzene rings is 1. The number of hydrogen-bond acceptors (Lipinski definition) is 9. The number of aliphatic carboxylic acids is 1. The highest BCUT2D eigenvalue weighted by Gasteiger charge is 2.71. The van der Waals surface area contributed by atoms with Crippen LogP contribution in [0.5, 0.6) is 5.75 Å². The van der Waals surface area contributed by atoms with Gasteiger partial charge in [-0.3, -0.25) is 9.59 Å². The molecule has 0 aromatic heterocycles. The highest BCUT2D eigenvalue weighted by molar-refractivity contribution is 5.81. The first kappa shape index (κ1) is 23.8.